The van der Waals surface area contributed by atoms with Crippen LogP contribution in [-0.4, -0.2) is 27.1 Å². The lowest BCUT2D eigenvalue weighted by molar-refractivity contribution is 0.407. The summed E-state index contributed by atoms with van der Waals surface area (Å²) in [4.78, 5) is 8.60. The molecule has 21 heavy (non-hydrogen) atoms. The Morgan fingerprint density at radius 3 is 1.86 bits per heavy atom. The van der Waals surface area contributed by atoms with Crippen molar-refractivity contribution in [1.82, 2.24) is 9.97 Å². The number of halogens is 5. The zero-order valence-electron chi connectivity index (χ0n) is 10.9. The van der Waals surface area contributed by atoms with Crippen LogP contribution in [-0.2, 0) is 0 Å². The van der Waals surface area contributed by atoms with Crippen LogP contribution in [0.3, 0.4) is 0 Å². The molecule has 0 spiro atoms. The predicted molar refractivity (Wildman–Crippen MR) is 102 cm³/mol. The number of hydrogen-bond donors (Lipinski definition) is 1. The molecular weight excluding hydrogens is 623 g/mol. The molecule has 0 saturated carbocycles. The van der Waals surface area contributed by atoms with Crippen LogP contribution in [0.4, 0.5) is 8.78 Å². The Bertz CT molecular complexity index is 574. The van der Waals surface area contributed by atoms with E-state index in [1.165, 1.54) is 19.4 Å². The minimum atomic E-state index is -0.572. The van der Waals surface area contributed by atoms with Crippen LogP contribution in [0.25, 0.3) is 0 Å². The maximum Gasteiger partial charge on any atom is 0.214 e. The Balaban J connectivity index is 0.000000342. The summed E-state index contributed by atoms with van der Waals surface area (Å²) in [5, 5.41) is 8.81. The molecule has 0 fully saturated rings. The highest BCUT2D eigenvalue weighted by Gasteiger charge is 2.00. The summed E-state index contributed by atoms with van der Waals surface area (Å²) >= 11 is 5.95. The standard InChI is InChI=1S/C6H5FINO.C5H3FINO.CH3I/c1-10-5-3-9-6(7)2-4(5)8;6-5-1-3(7)4(9)2-8-5;1-2/h2-3H,1H3;1-2,9H;1H3. The monoisotopic (exact) mass is 634 g/mol. The van der Waals surface area contributed by atoms with Gasteiger partial charge in [0.15, 0.2) is 5.75 Å². The second-order valence-corrected chi connectivity index (χ2v) is 5.42. The first-order chi connectivity index (χ1) is 9.93. The summed E-state index contributed by atoms with van der Waals surface area (Å²) in [5.74, 6) is -0.443. The number of nitrogens with zero attached hydrogens (tertiary/aromatic N) is 2. The average Bonchev–Trinajstić information content (AvgIpc) is 2.46. The highest BCUT2D eigenvalue weighted by atomic mass is 127. The lowest BCUT2D eigenvalue weighted by Gasteiger charge is -1.99. The molecular formula is C12H11F2I3N2O2. The van der Waals surface area contributed by atoms with E-state index in [0.717, 1.165) is 15.8 Å². The summed E-state index contributed by atoms with van der Waals surface area (Å²) in [5.41, 5.74) is 0. The molecule has 0 radical (unpaired) electrons. The van der Waals surface area contributed by atoms with Gasteiger partial charge in [0.2, 0.25) is 11.9 Å². The third-order valence-electron chi connectivity index (χ3n) is 1.81. The number of methoxy groups -OCH3 is 1. The van der Waals surface area contributed by atoms with Gasteiger partial charge in [-0.2, -0.15) is 8.78 Å². The second-order valence-electron chi connectivity index (χ2n) is 3.10. The van der Waals surface area contributed by atoms with Crippen LogP contribution in [0, 0.1) is 19.0 Å². The maximum atomic E-state index is 12.3. The lowest BCUT2D eigenvalue weighted by atomic mass is 10.5. The van der Waals surface area contributed by atoms with Crippen molar-refractivity contribution in [2.75, 3.05) is 12.0 Å². The first-order valence-electron chi connectivity index (χ1n) is 5.17. The van der Waals surface area contributed by atoms with Crippen LogP contribution >= 0.6 is 67.8 Å². The second kappa shape index (κ2) is 11.5. The minimum Gasteiger partial charge on any atom is -0.505 e. The molecule has 0 aliphatic carbocycles. The van der Waals surface area contributed by atoms with Crippen molar-refractivity contribution >= 4 is 67.8 Å². The van der Waals surface area contributed by atoms with Crippen molar-refractivity contribution in [3.63, 3.8) is 0 Å². The van der Waals surface area contributed by atoms with Gasteiger partial charge in [-0.1, -0.05) is 22.6 Å². The van der Waals surface area contributed by atoms with Gasteiger partial charge in [0.25, 0.3) is 0 Å². The van der Waals surface area contributed by atoms with Gasteiger partial charge in [-0.3, -0.25) is 0 Å². The predicted octanol–water partition coefficient (Wildman–Crippen LogP) is 4.42. The Hall–Kier alpha value is -0.0500. The smallest absolute Gasteiger partial charge is 0.214 e. The molecule has 0 atom stereocenters. The van der Waals surface area contributed by atoms with Gasteiger partial charge in [-0.05, 0) is 50.1 Å². The van der Waals surface area contributed by atoms with E-state index in [4.69, 9.17) is 9.84 Å². The van der Waals surface area contributed by atoms with E-state index in [2.05, 4.69) is 32.6 Å². The number of pyridine rings is 2. The largest absolute Gasteiger partial charge is 0.505 e. The Morgan fingerprint density at radius 2 is 1.48 bits per heavy atom. The van der Waals surface area contributed by atoms with Crippen LogP contribution in [0.1, 0.15) is 0 Å². The molecule has 0 amide bonds. The van der Waals surface area contributed by atoms with Crippen molar-refractivity contribution in [3.05, 3.63) is 43.6 Å². The molecule has 2 heterocycles. The molecule has 0 aliphatic heterocycles. The molecule has 2 aromatic heterocycles. The number of ether oxygens (including phenoxy) is 1. The van der Waals surface area contributed by atoms with Crippen molar-refractivity contribution in [3.8, 4) is 11.5 Å². The van der Waals surface area contributed by atoms with Gasteiger partial charge in [-0.15, -0.1) is 0 Å². The lowest BCUT2D eigenvalue weighted by Crippen LogP contribution is -1.90. The van der Waals surface area contributed by atoms with Crippen LogP contribution in [0.5, 0.6) is 11.5 Å². The molecule has 0 aromatic carbocycles. The average molecular weight is 634 g/mol. The molecule has 0 saturated heterocycles. The molecule has 4 nitrogen and oxygen atoms in total. The van der Waals surface area contributed by atoms with Crippen LogP contribution in [0.2, 0.25) is 0 Å². The van der Waals surface area contributed by atoms with E-state index in [0.29, 0.717) is 9.32 Å². The van der Waals surface area contributed by atoms with Crippen LogP contribution < -0.4 is 4.74 Å². The van der Waals surface area contributed by atoms with E-state index in [1.807, 2.05) is 50.1 Å². The number of rotatable bonds is 1. The number of hydrogen-bond acceptors (Lipinski definition) is 4. The van der Waals surface area contributed by atoms with Gasteiger partial charge in [-0.25, -0.2) is 9.97 Å². The third kappa shape index (κ3) is 8.23. The number of aromatic nitrogens is 2. The molecule has 0 unspecified atom stereocenters. The summed E-state index contributed by atoms with van der Waals surface area (Å²) in [6, 6.07) is 2.48. The van der Waals surface area contributed by atoms with Gasteiger partial charge in [0.1, 0.15) is 5.75 Å². The zero-order chi connectivity index (χ0) is 16.4. The van der Waals surface area contributed by atoms with E-state index in [9.17, 15) is 8.78 Å². The van der Waals surface area contributed by atoms with Gasteiger partial charge in [0.05, 0.1) is 26.6 Å². The number of alkyl halides is 1. The highest BCUT2D eigenvalue weighted by molar-refractivity contribution is 14.1. The van der Waals surface area contributed by atoms with Gasteiger partial charge < -0.3 is 9.84 Å². The Labute approximate surface area is 162 Å². The molecule has 116 valence electrons. The van der Waals surface area contributed by atoms with Crippen LogP contribution in [0.15, 0.2) is 24.5 Å². The van der Waals surface area contributed by atoms with Gasteiger partial charge in [0, 0.05) is 12.1 Å². The fraction of sp³-hybridized carbons (Fsp3) is 0.167. The Kier molecular flexibility index (Phi) is 11.5. The zero-order valence-corrected chi connectivity index (χ0v) is 17.4. The fourth-order valence-corrected chi connectivity index (χ4v) is 1.96. The van der Waals surface area contributed by atoms with Crippen molar-refractivity contribution in [2.45, 2.75) is 0 Å². The van der Waals surface area contributed by atoms with E-state index in [1.54, 1.807) is 0 Å². The minimum absolute atomic E-state index is 0.0111. The van der Waals surface area contributed by atoms with Crippen molar-refractivity contribution in [2.24, 2.45) is 0 Å². The molecule has 1 N–H and O–H groups in total. The maximum absolute atomic E-state index is 12.3. The van der Waals surface area contributed by atoms with Crippen molar-refractivity contribution in [1.29, 1.82) is 0 Å². The molecule has 9 heteroatoms. The molecule has 0 aliphatic rings. The van der Waals surface area contributed by atoms with E-state index < -0.39 is 11.9 Å². The normalized spacial score (nSPS) is 8.90. The molecule has 2 aromatic rings. The fourth-order valence-electron chi connectivity index (χ4n) is 0.945. The molecule has 0 bridgehead atoms. The SMILES string of the molecule is CI.COc1cnc(F)cc1I.Oc1cnc(F)cc1I. The Morgan fingerprint density at radius 1 is 1.00 bits per heavy atom. The summed E-state index contributed by atoms with van der Waals surface area (Å²) < 4.78 is 30.5. The van der Waals surface area contributed by atoms with Gasteiger partial charge >= 0.3 is 0 Å². The highest BCUT2D eigenvalue weighted by Crippen LogP contribution is 2.18. The quantitative estimate of drug-likeness (QED) is 0.287. The number of aromatic hydroxyl groups is 1. The van der Waals surface area contributed by atoms with E-state index >= 15 is 0 Å². The van der Waals surface area contributed by atoms with Crippen molar-refractivity contribution < 1.29 is 18.6 Å². The third-order valence-corrected chi connectivity index (χ3v) is 3.51. The molecule has 2 rings (SSSR count). The first-order valence-corrected chi connectivity index (χ1v) is 9.48. The summed E-state index contributed by atoms with van der Waals surface area (Å²) in [6.07, 6.45) is 2.44. The topological polar surface area (TPSA) is 55.2 Å². The first kappa shape index (κ1) is 20.9. The summed E-state index contributed by atoms with van der Waals surface area (Å²) in [7, 11) is 1.52. The van der Waals surface area contributed by atoms with E-state index in [-0.39, 0.29) is 5.75 Å². The summed E-state index contributed by atoms with van der Waals surface area (Å²) in [6.45, 7) is 0.